The average Bonchev–Trinajstić information content (AvgIpc) is 2.68. The lowest BCUT2D eigenvalue weighted by Crippen LogP contribution is -2.61. The minimum absolute atomic E-state index is 0.217. The van der Waals surface area contributed by atoms with Gasteiger partial charge in [0, 0.05) is 51.7 Å². The molecule has 0 aliphatic carbocycles. The highest BCUT2D eigenvalue weighted by atomic mass is 16.5. The van der Waals surface area contributed by atoms with E-state index in [1.165, 1.54) is 5.56 Å². The van der Waals surface area contributed by atoms with Crippen LogP contribution in [0.3, 0.4) is 0 Å². The molecule has 4 rings (SSSR count). The summed E-state index contributed by atoms with van der Waals surface area (Å²) in [5.41, 5.74) is 1.37. The van der Waals surface area contributed by atoms with Crippen molar-refractivity contribution in [2.75, 3.05) is 45.9 Å². The van der Waals surface area contributed by atoms with Crippen molar-refractivity contribution in [1.29, 1.82) is 0 Å². The van der Waals surface area contributed by atoms with Crippen molar-refractivity contribution in [2.45, 2.75) is 37.9 Å². The van der Waals surface area contributed by atoms with Crippen molar-refractivity contribution in [3.8, 4) is 0 Å². The number of piperidine rings is 1. The highest BCUT2D eigenvalue weighted by molar-refractivity contribution is 5.73. The Morgan fingerprint density at radius 2 is 1.76 bits per heavy atom. The molecule has 1 aromatic carbocycles. The first kappa shape index (κ1) is 17.0. The first-order valence-electron chi connectivity index (χ1n) is 9.60. The minimum Gasteiger partial charge on any atom is -0.378 e. The molecule has 5 nitrogen and oxygen atoms in total. The van der Waals surface area contributed by atoms with Gasteiger partial charge < -0.3 is 9.64 Å². The van der Waals surface area contributed by atoms with E-state index >= 15 is 0 Å². The molecular formula is C20H29N3O2. The smallest absolute Gasteiger partial charge is 0.219 e. The lowest BCUT2D eigenvalue weighted by molar-refractivity contribution is -0.131. The number of rotatable bonds is 2. The summed E-state index contributed by atoms with van der Waals surface area (Å²) >= 11 is 0. The zero-order valence-electron chi connectivity index (χ0n) is 15.1. The van der Waals surface area contributed by atoms with Crippen LogP contribution in [0.2, 0.25) is 0 Å². The number of piperazine rings is 1. The van der Waals surface area contributed by atoms with Crippen LogP contribution in [-0.4, -0.2) is 78.6 Å². The summed E-state index contributed by atoms with van der Waals surface area (Å²) in [5.74, 6) is 0.217. The molecule has 25 heavy (non-hydrogen) atoms. The van der Waals surface area contributed by atoms with E-state index in [2.05, 4.69) is 40.1 Å². The summed E-state index contributed by atoms with van der Waals surface area (Å²) in [6.07, 6.45) is 2.21. The Balaban J connectivity index is 1.38. The molecule has 3 aliphatic rings. The second-order valence-electron chi connectivity index (χ2n) is 7.59. The molecule has 0 aromatic heterocycles. The molecule has 2 atom stereocenters. The van der Waals surface area contributed by atoms with E-state index in [4.69, 9.17) is 4.74 Å². The third-order valence-corrected chi connectivity index (χ3v) is 6.16. The maximum atomic E-state index is 11.5. The molecule has 0 spiro atoms. The van der Waals surface area contributed by atoms with Crippen LogP contribution in [0, 0.1) is 0 Å². The molecule has 5 heteroatoms. The maximum absolute atomic E-state index is 11.5. The molecule has 0 radical (unpaired) electrons. The molecule has 1 amide bonds. The molecule has 136 valence electrons. The number of morpholine rings is 1. The number of hydrogen-bond donors (Lipinski definition) is 0. The van der Waals surface area contributed by atoms with Crippen molar-refractivity contribution in [1.82, 2.24) is 14.7 Å². The summed E-state index contributed by atoms with van der Waals surface area (Å²) in [6.45, 7) is 8.48. The fourth-order valence-corrected chi connectivity index (χ4v) is 4.70. The fourth-order valence-electron chi connectivity index (χ4n) is 4.70. The zero-order valence-corrected chi connectivity index (χ0v) is 15.1. The monoisotopic (exact) mass is 343 g/mol. The average molecular weight is 343 g/mol. The van der Waals surface area contributed by atoms with Crippen LogP contribution in [0.25, 0.3) is 0 Å². The van der Waals surface area contributed by atoms with Crippen LogP contribution in [0.5, 0.6) is 0 Å². The Morgan fingerprint density at radius 1 is 1.00 bits per heavy atom. The fraction of sp³-hybridized carbons (Fsp3) is 0.650. The molecule has 0 bridgehead atoms. The van der Waals surface area contributed by atoms with Crippen LogP contribution >= 0.6 is 0 Å². The van der Waals surface area contributed by atoms with Gasteiger partial charge in [-0.25, -0.2) is 0 Å². The van der Waals surface area contributed by atoms with E-state index in [1.54, 1.807) is 6.92 Å². The number of likely N-dealkylation sites (tertiary alicyclic amines) is 1. The predicted molar refractivity (Wildman–Crippen MR) is 97.3 cm³/mol. The quantitative estimate of drug-likeness (QED) is 0.820. The Morgan fingerprint density at radius 3 is 2.48 bits per heavy atom. The summed E-state index contributed by atoms with van der Waals surface area (Å²) in [7, 11) is 0. The second-order valence-corrected chi connectivity index (χ2v) is 7.59. The summed E-state index contributed by atoms with van der Waals surface area (Å²) < 4.78 is 5.97. The first-order chi connectivity index (χ1) is 12.2. The maximum Gasteiger partial charge on any atom is 0.219 e. The lowest BCUT2D eigenvalue weighted by atomic mass is 9.97. The van der Waals surface area contributed by atoms with E-state index in [-0.39, 0.29) is 5.91 Å². The topological polar surface area (TPSA) is 36.0 Å². The van der Waals surface area contributed by atoms with Gasteiger partial charge in [0.2, 0.25) is 5.91 Å². The van der Waals surface area contributed by atoms with Crippen molar-refractivity contribution >= 4 is 5.91 Å². The van der Waals surface area contributed by atoms with Crippen LogP contribution in [0.1, 0.15) is 31.4 Å². The van der Waals surface area contributed by atoms with E-state index in [1.807, 2.05) is 4.90 Å². The first-order valence-corrected chi connectivity index (χ1v) is 9.60. The predicted octanol–water partition coefficient (Wildman–Crippen LogP) is 1.76. The standard InChI is InChI=1S/C20H29N3O2/c1-16(24)21-9-7-18(8-10-21)22-11-12-23-19(13-22)14-25-15-20(23)17-5-3-2-4-6-17/h2-6,18-20H,7-15H2,1H3/t19-,20-/m1/s1. The summed E-state index contributed by atoms with van der Waals surface area (Å²) in [5, 5.41) is 0. The Hall–Kier alpha value is -1.43. The van der Waals surface area contributed by atoms with Gasteiger partial charge in [0.25, 0.3) is 0 Å². The van der Waals surface area contributed by atoms with E-state index in [0.717, 1.165) is 58.8 Å². The zero-order chi connectivity index (χ0) is 17.2. The number of carbonyl (C=O) groups is 1. The molecule has 1 aromatic rings. The number of carbonyl (C=O) groups excluding carboxylic acids is 1. The Bertz CT molecular complexity index is 586. The van der Waals surface area contributed by atoms with Crippen molar-refractivity contribution < 1.29 is 9.53 Å². The van der Waals surface area contributed by atoms with Gasteiger partial charge in [0.05, 0.1) is 19.3 Å². The second kappa shape index (κ2) is 7.44. The van der Waals surface area contributed by atoms with Crippen LogP contribution < -0.4 is 0 Å². The van der Waals surface area contributed by atoms with Crippen molar-refractivity contribution in [3.05, 3.63) is 35.9 Å². The number of amides is 1. The third kappa shape index (κ3) is 3.59. The third-order valence-electron chi connectivity index (χ3n) is 6.16. The number of hydrogen-bond acceptors (Lipinski definition) is 4. The van der Waals surface area contributed by atoms with Crippen LogP contribution in [-0.2, 0) is 9.53 Å². The van der Waals surface area contributed by atoms with Gasteiger partial charge in [-0.2, -0.15) is 0 Å². The van der Waals surface area contributed by atoms with Crippen molar-refractivity contribution in [2.24, 2.45) is 0 Å². The van der Waals surface area contributed by atoms with Gasteiger partial charge in [0.15, 0.2) is 0 Å². The molecule has 0 N–H and O–H groups in total. The summed E-state index contributed by atoms with van der Waals surface area (Å²) in [6, 6.07) is 12.3. The van der Waals surface area contributed by atoms with Gasteiger partial charge in [0.1, 0.15) is 0 Å². The summed E-state index contributed by atoms with van der Waals surface area (Å²) in [4.78, 5) is 18.8. The van der Waals surface area contributed by atoms with Gasteiger partial charge in [-0.05, 0) is 18.4 Å². The highest BCUT2D eigenvalue weighted by Crippen LogP contribution is 2.31. The normalized spacial score (nSPS) is 29.4. The van der Waals surface area contributed by atoms with Crippen LogP contribution in [0.15, 0.2) is 30.3 Å². The number of fused-ring (bicyclic) bond motifs is 1. The Labute approximate surface area is 150 Å². The molecule has 3 saturated heterocycles. The largest absolute Gasteiger partial charge is 0.378 e. The number of ether oxygens (including phenoxy) is 1. The molecule has 3 heterocycles. The lowest BCUT2D eigenvalue weighted by Gasteiger charge is -2.50. The molecular weight excluding hydrogens is 314 g/mol. The van der Waals surface area contributed by atoms with Crippen LogP contribution in [0.4, 0.5) is 0 Å². The Kier molecular flexibility index (Phi) is 5.06. The van der Waals surface area contributed by atoms with E-state index < -0.39 is 0 Å². The van der Waals surface area contributed by atoms with Gasteiger partial charge in [-0.15, -0.1) is 0 Å². The van der Waals surface area contributed by atoms with Gasteiger partial charge >= 0.3 is 0 Å². The van der Waals surface area contributed by atoms with E-state index in [0.29, 0.717) is 18.1 Å². The van der Waals surface area contributed by atoms with Crippen molar-refractivity contribution in [3.63, 3.8) is 0 Å². The molecule has 0 unspecified atom stereocenters. The van der Waals surface area contributed by atoms with E-state index in [9.17, 15) is 4.79 Å². The van der Waals surface area contributed by atoms with Gasteiger partial charge in [-0.3, -0.25) is 14.6 Å². The highest BCUT2D eigenvalue weighted by Gasteiger charge is 2.38. The molecule has 3 fully saturated rings. The SMILES string of the molecule is CC(=O)N1CCC(N2CCN3[C@@H](COC[C@@H]3c3ccccc3)C2)CC1. The number of benzene rings is 1. The number of nitrogens with zero attached hydrogens (tertiary/aromatic N) is 3. The van der Waals surface area contributed by atoms with Gasteiger partial charge in [-0.1, -0.05) is 30.3 Å². The molecule has 3 aliphatic heterocycles. The molecule has 0 saturated carbocycles. The minimum atomic E-state index is 0.217.